The Balaban J connectivity index is 2.12. The lowest BCUT2D eigenvalue weighted by atomic mass is 10.0. The molecule has 0 aliphatic rings. The molecule has 0 heterocycles. The predicted molar refractivity (Wildman–Crippen MR) is 85.6 cm³/mol. The quantitative estimate of drug-likeness (QED) is 0.734. The molecule has 0 atom stereocenters. The summed E-state index contributed by atoms with van der Waals surface area (Å²) in [5.41, 5.74) is 2.17. The second-order valence-electron chi connectivity index (χ2n) is 5.01. The highest BCUT2D eigenvalue weighted by Gasteiger charge is 2.07. The van der Waals surface area contributed by atoms with Crippen molar-refractivity contribution in [1.82, 2.24) is 4.90 Å². The van der Waals surface area contributed by atoms with Gasteiger partial charge in [-0.15, -0.1) is 0 Å². The molecule has 2 rings (SSSR count). The van der Waals surface area contributed by atoms with Crippen molar-refractivity contribution < 1.29 is 4.74 Å². The maximum Gasteiger partial charge on any atom is 0.127 e. The van der Waals surface area contributed by atoms with E-state index in [1.807, 2.05) is 36.4 Å². The van der Waals surface area contributed by atoms with E-state index in [4.69, 9.17) is 16.3 Å². The Morgan fingerprint density at radius 3 is 2.50 bits per heavy atom. The van der Waals surface area contributed by atoms with Crippen molar-refractivity contribution in [3.63, 3.8) is 0 Å². The van der Waals surface area contributed by atoms with Gasteiger partial charge in [-0.2, -0.15) is 0 Å². The highest BCUT2D eigenvalue weighted by Crippen LogP contribution is 2.32. The molecular formula is C17H20ClNO. The Labute approximate surface area is 125 Å². The van der Waals surface area contributed by atoms with Crippen LogP contribution < -0.4 is 4.74 Å². The van der Waals surface area contributed by atoms with E-state index in [-0.39, 0.29) is 0 Å². The molecule has 0 N–H and O–H groups in total. The number of nitrogens with zero attached hydrogens (tertiary/aromatic N) is 1. The number of halogens is 1. The fourth-order valence-electron chi connectivity index (χ4n) is 2.03. The van der Waals surface area contributed by atoms with E-state index in [9.17, 15) is 0 Å². The van der Waals surface area contributed by atoms with E-state index in [0.29, 0.717) is 6.61 Å². The molecule has 0 radical (unpaired) electrons. The van der Waals surface area contributed by atoms with Crippen LogP contribution in [0.1, 0.15) is 6.42 Å². The topological polar surface area (TPSA) is 12.5 Å². The van der Waals surface area contributed by atoms with E-state index in [1.54, 1.807) is 0 Å². The Hall–Kier alpha value is -1.51. The molecule has 0 aliphatic carbocycles. The highest BCUT2D eigenvalue weighted by atomic mass is 35.5. The van der Waals surface area contributed by atoms with E-state index >= 15 is 0 Å². The van der Waals surface area contributed by atoms with Gasteiger partial charge in [0.25, 0.3) is 0 Å². The van der Waals surface area contributed by atoms with Crippen molar-refractivity contribution in [2.45, 2.75) is 6.42 Å². The van der Waals surface area contributed by atoms with Crippen LogP contribution in [0.2, 0.25) is 5.02 Å². The van der Waals surface area contributed by atoms with E-state index in [0.717, 1.165) is 34.9 Å². The lowest BCUT2D eigenvalue weighted by molar-refractivity contribution is 0.282. The Kier molecular flexibility index (Phi) is 5.45. The first-order chi connectivity index (χ1) is 9.66. The second kappa shape index (κ2) is 7.32. The molecule has 0 unspecified atom stereocenters. The van der Waals surface area contributed by atoms with Gasteiger partial charge < -0.3 is 9.64 Å². The van der Waals surface area contributed by atoms with Crippen LogP contribution in [0.15, 0.2) is 48.5 Å². The molecular weight excluding hydrogens is 270 g/mol. The van der Waals surface area contributed by atoms with Crippen LogP contribution >= 0.6 is 11.6 Å². The summed E-state index contributed by atoms with van der Waals surface area (Å²) >= 11 is 6.11. The van der Waals surface area contributed by atoms with Gasteiger partial charge in [0.1, 0.15) is 5.75 Å². The Bertz CT molecular complexity index is 540. The maximum atomic E-state index is 6.11. The fraction of sp³-hybridized carbons (Fsp3) is 0.294. The summed E-state index contributed by atoms with van der Waals surface area (Å²) < 4.78 is 5.91. The minimum atomic E-state index is 0.708. The van der Waals surface area contributed by atoms with Crippen molar-refractivity contribution in [1.29, 1.82) is 0 Å². The maximum absolute atomic E-state index is 6.11. The third kappa shape index (κ3) is 4.26. The zero-order valence-corrected chi connectivity index (χ0v) is 12.7. The van der Waals surface area contributed by atoms with Gasteiger partial charge in [0.2, 0.25) is 0 Å². The third-order valence-electron chi connectivity index (χ3n) is 3.03. The van der Waals surface area contributed by atoms with E-state index in [2.05, 4.69) is 31.1 Å². The summed E-state index contributed by atoms with van der Waals surface area (Å²) in [6.07, 6.45) is 1.00. The van der Waals surface area contributed by atoms with Crippen LogP contribution in [0.25, 0.3) is 11.1 Å². The van der Waals surface area contributed by atoms with Crippen LogP contribution in [0.3, 0.4) is 0 Å². The summed E-state index contributed by atoms with van der Waals surface area (Å²) in [6, 6.07) is 16.0. The van der Waals surface area contributed by atoms with Gasteiger partial charge in [-0.25, -0.2) is 0 Å². The first-order valence-corrected chi connectivity index (χ1v) is 7.17. The monoisotopic (exact) mass is 289 g/mol. The fourth-order valence-corrected chi connectivity index (χ4v) is 2.21. The summed E-state index contributed by atoms with van der Waals surface area (Å²) in [6.45, 7) is 1.73. The molecule has 0 aliphatic heterocycles. The number of hydrogen-bond acceptors (Lipinski definition) is 2. The summed E-state index contributed by atoms with van der Waals surface area (Å²) in [5, 5.41) is 0.726. The summed E-state index contributed by atoms with van der Waals surface area (Å²) in [4.78, 5) is 2.16. The molecule has 2 aromatic carbocycles. The van der Waals surface area contributed by atoms with Crippen molar-refractivity contribution in [2.24, 2.45) is 0 Å². The lowest BCUT2D eigenvalue weighted by Gasteiger charge is -2.14. The van der Waals surface area contributed by atoms with Gasteiger partial charge in [-0.1, -0.05) is 41.9 Å². The van der Waals surface area contributed by atoms with Gasteiger partial charge in [0, 0.05) is 17.1 Å². The Morgan fingerprint density at radius 1 is 1.05 bits per heavy atom. The van der Waals surface area contributed by atoms with Crippen LogP contribution in [0.4, 0.5) is 0 Å². The van der Waals surface area contributed by atoms with Gasteiger partial charge in [0.15, 0.2) is 0 Å². The molecule has 2 nitrogen and oxygen atoms in total. The van der Waals surface area contributed by atoms with Crippen molar-refractivity contribution in [3.8, 4) is 16.9 Å². The number of ether oxygens (including phenoxy) is 1. The van der Waals surface area contributed by atoms with Gasteiger partial charge in [-0.3, -0.25) is 0 Å². The van der Waals surface area contributed by atoms with Crippen molar-refractivity contribution in [3.05, 3.63) is 53.6 Å². The molecule has 3 heteroatoms. The average Bonchev–Trinajstić information content (AvgIpc) is 2.45. The van der Waals surface area contributed by atoms with Gasteiger partial charge in [-0.05, 0) is 44.3 Å². The highest BCUT2D eigenvalue weighted by molar-refractivity contribution is 6.31. The van der Waals surface area contributed by atoms with Crippen LogP contribution in [-0.4, -0.2) is 32.1 Å². The van der Waals surface area contributed by atoms with Crippen LogP contribution in [-0.2, 0) is 0 Å². The molecule has 20 heavy (non-hydrogen) atoms. The zero-order chi connectivity index (χ0) is 14.4. The number of hydrogen-bond donors (Lipinski definition) is 0. The molecule has 0 saturated carbocycles. The molecule has 0 amide bonds. The van der Waals surface area contributed by atoms with Gasteiger partial charge >= 0.3 is 0 Å². The summed E-state index contributed by atoms with van der Waals surface area (Å²) in [7, 11) is 4.13. The SMILES string of the molecule is CN(C)CCCOc1ccc(Cl)cc1-c1ccccc1. The lowest BCUT2D eigenvalue weighted by Crippen LogP contribution is -2.15. The molecule has 0 spiro atoms. The first kappa shape index (κ1) is 14.9. The second-order valence-corrected chi connectivity index (χ2v) is 5.45. The smallest absolute Gasteiger partial charge is 0.127 e. The van der Waals surface area contributed by atoms with Crippen molar-refractivity contribution >= 4 is 11.6 Å². The van der Waals surface area contributed by atoms with E-state index in [1.165, 1.54) is 0 Å². The normalized spacial score (nSPS) is 10.8. The largest absolute Gasteiger partial charge is 0.493 e. The third-order valence-corrected chi connectivity index (χ3v) is 3.27. The Morgan fingerprint density at radius 2 is 1.80 bits per heavy atom. The number of benzene rings is 2. The average molecular weight is 290 g/mol. The molecule has 0 fully saturated rings. The molecule has 2 aromatic rings. The number of rotatable bonds is 6. The predicted octanol–water partition coefficient (Wildman–Crippen LogP) is 4.34. The molecule has 0 bridgehead atoms. The molecule has 0 saturated heterocycles. The van der Waals surface area contributed by atoms with E-state index < -0.39 is 0 Å². The van der Waals surface area contributed by atoms with Crippen LogP contribution in [0, 0.1) is 0 Å². The molecule has 106 valence electrons. The summed E-state index contributed by atoms with van der Waals surface area (Å²) in [5.74, 6) is 0.888. The zero-order valence-electron chi connectivity index (χ0n) is 12.0. The van der Waals surface area contributed by atoms with Crippen LogP contribution in [0.5, 0.6) is 5.75 Å². The first-order valence-electron chi connectivity index (χ1n) is 6.79. The minimum absolute atomic E-state index is 0.708. The van der Waals surface area contributed by atoms with Gasteiger partial charge in [0.05, 0.1) is 6.61 Å². The molecule has 0 aromatic heterocycles. The minimum Gasteiger partial charge on any atom is -0.493 e. The standard InChI is InChI=1S/C17H20ClNO/c1-19(2)11-6-12-20-17-10-9-15(18)13-16(17)14-7-4-3-5-8-14/h3-5,7-10,13H,6,11-12H2,1-2H3. The van der Waals surface area contributed by atoms with Crippen molar-refractivity contribution in [2.75, 3.05) is 27.2 Å².